The fraction of sp³-hybridized carbons (Fsp3) is 0.267. The normalized spacial score (nSPS) is 17.0. The van der Waals surface area contributed by atoms with E-state index in [-0.39, 0.29) is 11.8 Å². The molecule has 2 heterocycles. The van der Waals surface area contributed by atoms with Crippen LogP contribution in [0.4, 0.5) is 5.69 Å². The quantitative estimate of drug-likeness (QED) is 0.474. The molecular weight excluding hydrogens is 498 g/mol. The van der Waals surface area contributed by atoms with Gasteiger partial charge < -0.3 is 24.5 Å². The largest absolute Gasteiger partial charge is 0.465 e. The van der Waals surface area contributed by atoms with E-state index >= 15 is 0 Å². The highest BCUT2D eigenvalue weighted by atomic mass is 16.8. The van der Waals surface area contributed by atoms with Crippen LogP contribution in [0.1, 0.15) is 56.2 Å². The van der Waals surface area contributed by atoms with Crippen LogP contribution in [0.15, 0.2) is 78.0 Å². The molecule has 0 aromatic heterocycles. The van der Waals surface area contributed by atoms with Gasteiger partial charge in [-0.2, -0.15) is 0 Å². The molecule has 3 aromatic rings. The summed E-state index contributed by atoms with van der Waals surface area (Å²) in [6.45, 7) is 3.10. The van der Waals surface area contributed by atoms with Crippen LogP contribution in [0.2, 0.25) is 0 Å². The standard InChI is InChI=1S/C30H29N3O6/c1-19-18-23(29(36)37-2)10-13-25(19)28(35)33-16-14-21(15-17-33)20-8-11-24(12-9-20)31-26(34)30-38-27(32-39-30)22-6-4-3-5-7-22/h3-13,18,21,30H,14-17H2,1-2H3,(H,31,34). The Bertz CT molecular complexity index is 1400. The smallest absolute Gasteiger partial charge is 0.346 e. The van der Waals surface area contributed by atoms with E-state index in [1.807, 2.05) is 66.4 Å². The first-order valence-corrected chi connectivity index (χ1v) is 12.8. The molecule has 1 saturated heterocycles. The Morgan fingerprint density at radius 3 is 2.36 bits per heavy atom. The summed E-state index contributed by atoms with van der Waals surface area (Å²) in [6, 6.07) is 21.9. The van der Waals surface area contributed by atoms with Crippen LogP contribution in [-0.4, -0.2) is 55.1 Å². The number of rotatable bonds is 6. The number of amides is 2. The van der Waals surface area contributed by atoms with Gasteiger partial charge in [-0.1, -0.05) is 30.3 Å². The van der Waals surface area contributed by atoms with Gasteiger partial charge >= 0.3 is 18.2 Å². The van der Waals surface area contributed by atoms with Crippen LogP contribution < -0.4 is 5.32 Å². The topological polar surface area (TPSA) is 107 Å². The molecular formula is C30H29N3O6. The second-order valence-electron chi connectivity index (χ2n) is 9.52. The Kier molecular flexibility index (Phi) is 7.58. The van der Waals surface area contributed by atoms with Gasteiger partial charge in [0.25, 0.3) is 11.8 Å². The monoisotopic (exact) mass is 527 g/mol. The number of ether oxygens (including phenoxy) is 2. The molecule has 1 unspecified atom stereocenters. The zero-order chi connectivity index (χ0) is 27.4. The SMILES string of the molecule is COC(=O)c1ccc(C(=O)N2CCC(c3ccc(NC(=O)C4ON=C(c5ccccc5)O4)cc3)CC2)c(C)c1. The molecule has 1 N–H and O–H groups in total. The third kappa shape index (κ3) is 5.77. The van der Waals surface area contributed by atoms with E-state index in [4.69, 9.17) is 14.3 Å². The number of carbonyl (C=O) groups excluding carboxylic acids is 3. The van der Waals surface area contributed by atoms with Gasteiger partial charge in [-0.05, 0) is 84.4 Å². The number of methoxy groups -OCH3 is 1. The number of nitrogens with one attached hydrogen (secondary N) is 1. The van der Waals surface area contributed by atoms with Crippen molar-refractivity contribution in [3.63, 3.8) is 0 Å². The van der Waals surface area contributed by atoms with Crippen LogP contribution >= 0.6 is 0 Å². The third-order valence-corrected chi connectivity index (χ3v) is 6.99. The van der Waals surface area contributed by atoms with Gasteiger partial charge in [-0.25, -0.2) is 4.79 Å². The number of hydrogen-bond donors (Lipinski definition) is 1. The predicted octanol–water partition coefficient (Wildman–Crippen LogP) is 4.47. The Balaban J connectivity index is 1.12. The Labute approximate surface area is 226 Å². The number of likely N-dealkylation sites (tertiary alicyclic amines) is 1. The Morgan fingerprint density at radius 1 is 0.974 bits per heavy atom. The van der Waals surface area contributed by atoms with Gasteiger partial charge in [-0.3, -0.25) is 9.59 Å². The van der Waals surface area contributed by atoms with E-state index < -0.39 is 18.2 Å². The molecule has 2 amide bonds. The van der Waals surface area contributed by atoms with Crippen molar-refractivity contribution >= 4 is 29.4 Å². The zero-order valence-corrected chi connectivity index (χ0v) is 21.8. The van der Waals surface area contributed by atoms with Gasteiger partial charge in [0.15, 0.2) is 0 Å². The minimum Gasteiger partial charge on any atom is -0.465 e. The number of benzene rings is 3. The second-order valence-corrected chi connectivity index (χ2v) is 9.52. The van der Waals surface area contributed by atoms with E-state index in [1.165, 1.54) is 7.11 Å². The molecule has 2 aliphatic heterocycles. The summed E-state index contributed by atoms with van der Waals surface area (Å²) >= 11 is 0. The van der Waals surface area contributed by atoms with Crippen molar-refractivity contribution in [1.29, 1.82) is 0 Å². The molecule has 9 nitrogen and oxygen atoms in total. The number of oxime groups is 1. The minimum absolute atomic E-state index is 0.0313. The summed E-state index contributed by atoms with van der Waals surface area (Å²) in [5.41, 5.74) is 4.29. The number of anilines is 1. The third-order valence-electron chi connectivity index (χ3n) is 6.99. The van der Waals surface area contributed by atoms with E-state index in [2.05, 4.69) is 10.5 Å². The average Bonchev–Trinajstić information content (AvgIpc) is 3.48. The maximum Gasteiger partial charge on any atom is 0.346 e. The number of nitrogens with zero attached hydrogens (tertiary/aromatic N) is 2. The second kappa shape index (κ2) is 11.4. The first-order chi connectivity index (χ1) is 18.9. The molecule has 39 heavy (non-hydrogen) atoms. The van der Waals surface area contributed by atoms with Crippen molar-refractivity contribution in [2.24, 2.45) is 5.16 Å². The minimum atomic E-state index is -1.15. The van der Waals surface area contributed by atoms with Crippen LogP contribution in [0.3, 0.4) is 0 Å². The molecule has 0 bridgehead atoms. The van der Waals surface area contributed by atoms with Gasteiger partial charge in [0.05, 0.1) is 12.7 Å². The molecule has 2 aliphatic rings. The summed E-state index contributed by atoms with van der Waals surface area (Å²) in [5.74, 6) is -0.320. The van der Waals surface area contributed by atoms with Crippen LogP contribution in [0.25, 0.3) is 0 Å². The molecule has 0 saturated carbocycles. The zero-order valence-electron chi connectivity index (χ0n) is 21.8. The summed E-state index contributed by atoms with van der Waals surface area (Å²) in [4.78, 5) is 44.5. The highest BCUT2D eigenvalue weighted by Gasteiger charge is 2.30. The number of piperidine rings is 1. The lowest BCUT2D eigenvalue weighted by atomic mass is 9.89. The predicted molar refractivity (Wildman–Crippen MR) is 144 cm³/mol. The summed E-state index contributed by atoms with van der Waals surface area (Å²) in [7, 11) is 1.34. The van der Waals surface area contributed by atoms with E-state index in [1.54, 1.807) is 18.2 Å². The summed E-state index contributed by atoms with van der Waals surface area (Å²) in [5, 5.41) is 6.67. The van der Waals surface area contributed by atoms with Crippen molar-refractivity contribution in [3.8, 4) is 0 Å². The van der Waals surface area contributed by atoms with E-state index in [0.717, 1.165) is 29.5 Å². The molecule has 200 valence electrons. The highest BCUT2D eigenvalue weighted by molar-refractivity contribution is 6.00. The molecule has 0 aliphatic carbocycles. The number of esters is 1. The van der Waals surface area contributed by atoms with E-state index in [9.17, 15) is 14.4 Å². The fourth-order valence-electron chi connectivity index (χ4n) is 4.82. The Hall–Kier alpha value is -4.66. The first kappa shape index (κ1) is 26.0. The van der Waals surface area contributed by atoms with Crippen molar-refractivity contribution in [2.75, 3.05) is 25.5 Å². The van der Waals surface area contributed by atoms with Crippen molar-refractivity contribution < 1.29 is 28.7 Å². The number of hydrogen-bond acceptors (Lipinski definition) is 7. The lowest BCUT2D eigenvalue weighted by molar-refractivity contribution is -0.141. The molecule has 5 rings (SSSR count). The van der Waals surface area contributed by atoms with Gasteiger partial charge in [-0.15, -0.1) is 0 Å². The van der Waals surface area contributed by atoms with Gasteiger partial charge in [0, 0.05) is 29.9 Å². The van der Waals surface area contributed by atoms with E-state index in [0.29, 0.717) is 35.8 Å². The van der Waals surface area contributed by atoms with Gasteiger partial charge in [0.2, 0.25) is 0 Å². The molecule has 1 fully saturated rings. The molecule has 0 spiro atoms. The maximum absolute atomic E-state index is 13.1. The lowest BCUT2D eigenvalue weighted by Crippen LogP contribution is -2.38. The van der Waals surface area contributed by atoms with Crippen LogP contribution in [-0.2, 0) is 19.1 Å². The molecule has 1 atom stereocenters. The lowest BCUT2D eigenvalue weighted by Gasteiger charge is -2.32. The molecule has 9 heteroatoms. The highest BCUT2D eigenvalue weighted by Crippen LogP contribution is 2.30. The van der Waals surface area contributed by atoms with Crippen molar-refractivity contribution in [1.82, 2.24) is 4.90 Å². The summed E-state index contributed by atoms with van der Waals surface area (Å²) in [6.07, 6.45) is 0.516. The van der Waals surface area contributed by atoms with Crippen LogP contribution in [0, 0.1) is 6.92 Å². The van der Waals surface area contributed by atoms with Crippen LogP contribution in [0.5, 0.6) is 0 Å². The molecule has 3 aromatic carbocycles. The average molecular weight is 528 g/mol. The number of carbonyl (C=O) groups is 3. The van der Waals surface area contributed by atoms with Crippen molar-refractivity contribution in [2.45, 2.75) is 32.0 Å². The first-order valence-electron chi connectivity index (χ1n) is 12.8. The number of aryl methyl sites for hydroxylation is 1. The van der Waals surface area contributed by atoms with Crippen molar-refractivity contribution in [3.05, 3.63) is 101 Å². The maximum atomic E-state index is 13.1. The van der Waals surface area contributed by atoms with Gasteiger partial charge in [0.1, 0.15) is 0 Å². The molecule has 0 radical (unpaired) electrons. The Morgan fingerprint density at radius 2 is 1.69 bits per heavy atom. The fourth-order valence-corrected chi connectivity index (χ4v) is 4.82. The summed E-state index contributed by atoms with van der Waals surface area (Å²) < 4.78 is 10.3.